The molecule has 62 heavy (non-hydrogen) atoms. The minimum Gasteiger partial charge on any atom is -0.457 e. The minimum atomic E-state index is -0.657. The van der Waals surface area contributed by atoms with Crippen molar-refractivity contribution in [1.29, 1.82) is 0 Å². The largest absolute Gasteiger partial charge is 0.457 e. The molecule has 292 valence electrons. The van der Waals surface area contributed by atoms with Crippen LogP contribution in [0.4, 0.5) is 34.1 Å². The van der Waals surface area contributed by atoms with E-state index in [0.29, 0.717) is 0 Å². The van der Waals surface area contributed by atoms with Crippen LogP contribution < -0.4 is 14.5 Å². The van der Waals surface area contributed by atoms with E-state index in [9.17, 15) is 0 Å². The zero-order valence-corrected chi connectivity index (χ0v) is 33.9. The lowest BCUT2D eigenvalue weighted by molar-refractivity contribution is 0.436. The molecule has 3 nitrogen and oxygen atoms in total. The van der Waals surface area contributed by atoms with Gasteiger partial charge in [0.15, 0.2) is 0 Å². The number of nitrogens with zero attached hydrogens (tertiary/aromatic N) is 2. The predicted molar refractivity (Wildman–Crippen MR) is 256 cm³/mol. The third-order valence-corrected chi connectivity index (χ3v) is 12.7. The van der Waals surface area contributed by atoms with Gasteiger partial charge in [-0.05, 0) is 106 Å². The highest BCUT2D eigenvalue weighted by atomic mass is 16.5. The van der Waals surface area contributed by atoms with Crippen molar-refractivity contribution in [2.45, 2.75) is 5.41 Å². The lowest BCUT2D eigenvalue weighted by Crippen LogP contribution is -2.32. The fraction of sp³-hybridized carbons (Fsp3) is 0.0169. The van der Waals surface area contributed by atoms with Gasteiger partial charge in [-0.25, -0.2) is 0 Å². The molecule has 10 aromatic carbocycles. The van der Waals surface area contributed by atoms with E-state index in [-0.39, 0.29) is 0 Å². The summed E-state index contributed by atoms with van der Waals surface area (Å²) in [7, 11) is 0. The number of hydrogen-bond donors (Lipinski definition) is 0. The summed E-state index contributed by atoms with van der Waals surface area (Å²) in [5.74, 6) is 1.74. The van der Waals surface area contributed by atoms with Crippen molar-refractivity contribution in [1.82, 2.24) is 0 Å². The molecule has 0 fully saturated rings. The second kappa shape index (κ2) is 14.5. The topological polar surface area (TPSA) is 15.7 Å². The Hall–Kier alpha value is -8.14. The van der Waals surface area contributed by atoms with E-state index >= 15 is 0 Å². The molecule has 1 heterocycles. The average molecular weight is 793 g/mol. The molecule has 1 aliphatic heterocycles. The predicted octanol–water partition coefficient (Wildman–Crippen LogP) is 15.9. The summed E-state index contributed by atoms with van der Waals surface area (Å²) in [6.07, 6.45) is 0. The van der Waals surface area contributed by atoms with Crippen molar-refractivity contribution in [3.05, 3.63) is 265 Å². The Kier molecular flexibility index (Phi) is 8.39. The molecular formula is C59H40N2O. The van der Waals surface area contributed by atoms with Crippen LogP contribution in [0.5, 0.6) is 11.5 Å². The maximum Gasteiger partial charge on any atom is 0.132 e. The van der Waals surface area contributed by atoms with Crippen LogP contribution in [0.3, 0.4) is 0 Å². The second-order valence-corrected chi connectivity index (χ2v) is 16.0. The van der Waals surface area contributed by atoms with Gasteiger partial charge in [0.05, 0.1) is 16.8 Å². The smallest absolute Gasteiger partial charge is 0.132 e. The number of hydrogen-bond acceptors (Lipinski definition) is 3. The van der Waals surface area contributed by atoms with Crippen molar-refractivity contribution in [3.63, 3.8) is 0 Å². The standard InChI is InChI=1S/C59H40N2O/c1-4-19-41(20-5-1)43-23-16-28-46(39-43)61(45-26-8-3-9-27-45)55-34-18-32-53-58(55)49-40-47(60(44-24-6-2-7-25-44)54-33-17-22-42-21-10-11-29-48(42)54)37-38-50(49)59(53)51-30-12-14-35-56(51)62-57-36-15-13-31-52(57)59/h1-40H. The number of anilines is 6. The monoisotopic (exact) mass is 792 g/mol. The molecule has 1 aliphatic carbocycles. The van der Waals surface area contributed by atoms with Gasteiger partial charge in [-0.2, -0.15) is 0 Å². The Bertz CT molecular complexity index is 3240. The molecule has 0 saturated heterocycles. The molecule has 0 atom stereocenters. The maximum atomic E-state index is 6.77. The van der Waals surface area contributed by atoms with Gasteiger partial charge in [-0.3, -0.25) is 0 Å². The van der Waals surface area contributed by atoms with Crippen molar-refractivity contribution in [2.24, 2.45) is 0 Å². The molecule has 0 aromatic heterocycles. The first-order valence-electron chi connectivity index (χ1n) is 21.3. The van der Waals surface area contributed by atoms with E-state index in [2.05, 4.69) is 252 Å². The molecule has 2 aliphatic rings. The Morgan fingerprint density at radius 2 is 0.823 bits per heavy atom. The van der Waals surface area contributed by atoms with E-state index < -0.39 is 5.41 Å². The van der Waals surface area contributed by atoms with Crippen molar-refractivity contribution in [3.8, 4) is 33.8 Å². The first-order valence-corrected chi connectivity index (χ1v) is 21.3. The molecule has 0 amide bonds. The Balaban J connectivity index is 1.18. The zero-order chi connectivity index (χ0) is 41.0. The van der Waals surface area contributed by atoms with Gasteiger partial charge in [0.2, 0.25) is 0 Å². The normalized spacial score (nSPS) is 12.8. The number of para-hydroxylation sites is 4. The van der Waals surface area contributed by atoms with Gasteiger partial charge < -0.3 is 14.5 Å². The first kappa shape index (κ1) is 35.8. The summed E-state index contributed by atoms with van der Waals surface area (Å²) in [6.45, 7) is 0. The maximum absolute atomic E-state index is 6.77. The fourth-order valence-corrected chi connectivity index (χ4v) is 10.1. The molecule has 0 saturated carbocycles. The molecule has 0 unspecified atom stereocenters. The summed E-state index contributed by atoms with van der Waals surface area (Å²) >= 11 is 0. The Morgan fingerprint density at radius 1 is 0.323 bits per heavy atom. The van der Waals surface area contributed by atoms with Crippen LogP contribution in [-0.2, 0) is 5.41 Å². The zero-order valence-electron chi connectivity index (χ0n) is 33.9. The summed E-state index contributed by atoms with van der Waals surface area (Å²) in [5.41, 5.74) is 15.3. The van der Waals surface area contributed by atoms with E-state index in [1.165, 1.54) is 38.6 Å². The van der Waals surface area contributed by atoms with Crippen LogP contribution in [0.1, 0.15) is 22.3 Å². The highest BCUT2D eigenvalue weighted by Gasteiger charge is 2.52. The molecule has 0 N–H and O–H groups in total. The van der Waals surface area contributed by atoms with Crippen LogP contribution in [0.15, 0.2) is 243 Å². The second-order valence-electron chi connectivity index (χ2n) is 16.0. The Labute approximate surface area is 362 Å². The van der Waals surface area contributed by atoms with Crippen LogP contribution in [0.2, 0.25) is 0 Å². The van der Waals surface area contributed by atoms with Crippen LogP contribution >= 0.6 is 0 Å². The SMILES string of the molecule is c1ccc(-c2cccc(N(c3ccccc3)c3cccc4c3-c3cc(N(c5ccccc5)c5cccc6ccccc56)ccc3C43c4ccccc4Oc4ccccc43)c2)cc1. The minimum absolute atomic E-state index is 0.657. The molecule has 3 heteroatoms. The molecular weight excluding hydrogens is 753 g/mol. The van der Waals surface area contributed by atoms with E-state index in [1.807, 2.05) is 0 Å². The van der Waals surface area contributed by atoms with Crippen molar-refractivity contribution < 1.29 is 4.74 Å². The lowest BCUT2D eigenvalue weighted by atomic mass is 9.66. The highest BCUT2D eigenvalue weighted by molar-refractivity contribution is 6.02. The number of benzene rings is 10. The molecule has 0 bridgehead atoms. The van der Waals surface area contributed by atoms with Gasteiger partial charge >= 0.3 is 0 Å². The Morgan fingerprint density at radius 3 is 1.55 bits per heavy atom. The van der Waals surface area contributed by atoms with Crippen LogP contribution in [0.25, 0.3) is 33.0 Å². The summed E-state index contributed by atoms with van der Waals surface area (Å²) < 4.78 is 6.77. The molecule has 10 aromatic rings. The third kappa shape index (κ3) is 5.52. The van der Waals surface area contributed by atoms with Crippen molar-refractivity contribution in [2.75, 3.05) is 9.80 Å². The summed E-state index contributed by atoms with van der Waals surface area (Å²) in [6, 6.07) is 87.6. The summed E-state index contributed by atoms with van der Waals surface area (Å²) in [4.78, 5) is 4.86. The van der Waals surface area contributed by atoms with Gasteiger partial charge in [0.1, 0.15) is 11.5 Å². The fourth-order valence-electron chi connectivity index (χ4n) is 10.1. The van der Waals surface area contributed by atoms with E-state index in [4.69, 9.17) is 4.74 Å². The van der Waals surface area contributed by atoms with Crippen LogP contribution in [0, 0.1) is 0 Å². The van der Waals surface area contributed by atoms with Gasteiger partial charge in [0, 0.05) is 44.8 Å². The molecule has 0 radical (unpaired) electrons. The summed E-state index contributed by atoms with van der Waals surface area (Å²) in [5, 5.41) is 2.39. The van der Waals surface area contributed by atoms with E-state index in [1.54, 1.807) is 0 Å². The first-order chi connectivity index (χ1) is 30.8. The van der Waals surface area contributed by atoms with Crippen LogP contribution in [-0.4, -0.2) is 0 Å². The van der Waals surface area contributed by atoms with Crippen molar-refractivity contribution >= 4 is 44.9 Å². The third-order valence-electron chi connectivity index (χ3n) is 12.7. The van der Waals surface area contributed by atoms with Gasteiger partial charge in [-0.15, -0.1) is 0 Å². The molecule has 12 rings (SSSR count). The average Bonchev–Trinajstić information content (AvgIpc) is 3.63. The quantitative estimate of drug-likeness (QED) is 0.160. The highest BCUT2D eigenvalue weighted by Crippen LogP contribution is 2.64. The van der Waals surface area contributed by atoms with Gasteiger partial charge in [0.25, 0.3) is 0 Å². The number of fused-ring (bicyclic) bond motifs is 10. The number of rotatable bonds is 7. The lowest BCUT2D eigenvalue weighted by Gasteiger charge is -2.39. The molecule has 1 spiro atoms. The number of ether oxygens (including phenoxy) is 1. The van der Waals surface area contributed by atoms with E-state index in [0.717, 1.165) is 62.3 Å². The van der Waals surface area contributed by atoms with Gasteiger partial charge in [-0.1, -0.05) is 170 Å².